The monoisotopic (exact) mass is 456 g/mol. The van der Waals surface area contributed by atoms with Gasteiger partial charge in [0.05, 0.1) is 11.4 Å². The highest BCUT2D eigenvalue weighted by atomic mass is 35.5. The van der Waals surface area contributed by atoms with Gasteiger partial charge in [0, 0.05) is 48.1 Å². The van der Waals surface area contributed by atoms with Gasteiger partial charge in [-0.1, -0.05) is 35.5 Å². The molecule has 1 amide bonds. The Balaban J connectivity index is 1.34. The quantitative estimate of drug-likeness (QED) is 0.412. The molecule has 0 N–H and O–H groups in total. The summed E-state index contributed by atoms with van der Waals surface area (Å²) in [7, 11) is 0. The molecular weight excluding hydrogens is 435 g/mol. The summed E-state index contributed by atoms with van der Waals surface area (Å²) in [6.45, 7) is 4.65. The standard InChI is InChI=1S/C23H22ClFN4OS/c1-16-14-21(17-2-4-18(24)5-3-17)27-23(26-16)31-15-22(30)29-12-10-28(11-13-29)20-8-6-19(25)7-9-20/h2-9,14H,10-13,15H2,1H3. The van der Waals surface area contributed by atoms with Gasteiger partial charge in [0.15, 0.2) is 5.16 Å². The van der Waals surface area contributed by atoms with E-state index in [0.29, 0.717) is 29.0 Å². The number of rotatable bonds is 5. The lowest BCUT2D eigenvalue weighted by Gasteiger charge is -2.36. The van der Waals surface area contributed by atoms with Crippen LogP contribution in [0.2, 0.25) is 5.02 Å². The average molecular weight is 457 g/mol. The Labute approximate surface area is 190 Å². The highest BCUT2D eigenvalue weighted by molar-refractivity contribution is 7.99. The Hall–Kier alpha value is -2.64. The minimum Gasteiger partial charge on any atom is -0.368 e. The van der Waals surface area contributed by atoms with E-state index in [9.17, 15) is 9.18 Å². The molecule has 160 valence electrons. The van der Waals surface area contributed by atoms with Gasteiger partial charge in [-0.3, -0.25) is 4.79 Å². The number of amides is 1. The first-order valence-electron chi connectivity index (χ1n) is 10.0. The third kappa shape index (κ3) is 5.54. The number of carbonyl (C=O) groups excluding carboxylic acids is 1. The van der Waals surface area contributed by atoms with Crippen molar-refractivity contribution in [2.45, 2.75) is 12.1 Å². The number of halogens is 2. The topological polar surface area (TPSA) is 49.3 Å². The third-order valence-electron chi connectivity index (χ3n) is 5.12. The molecule has 2 heterocycles. The Morgan fingerprint density at radius 2 is 1.71 bits per heavy atom. The number of thioether (sulfide) groups is 1. The van der Waals surface area contributed by atoms with Gasteiger partial charge < -0.3 is 9.80 Å². The fourth-order valence-corrected chi connectivity index (χ4v) is 4.39. The van der Waals surface area contributed by atoms with Crippen molar-refractivity contribution < 1.29 is 9.18 Å². The molecule has 1 aromatic heterocycles. The van der Waals surface area contributed by atoms with E-state index in [4.69, 9.17) is 11.6 Å². The van der Waals surface area contributed by atoms with Gasteiger partial charge >= 0.3 is 0 Å². The van der Waals surface area contributed by atoms with Crippen LogP contribution in [0.3, 0.4) is 0 Å². The molecular formula is C23H22ClFN4OS. The molecule has 2 aromatic carbocycles. The maximum atomic E-state index is 13.1. The van der Waals surface area contributed by atoms with Crippen LogP contribution in [0.5, 0.6) is 0 Å². The van der Waals surface area contributed by atoms with Crippen molar-refractivity contribution in [3.05, 3.63) is 71.1 Å². The van der Waals surface area contributed by atoms with Crippen molar-refractivity contribution in [3.63, 3.8) is 0 Å². The van der Waals surface area contributed by atoms with Gasteiger partial charge in [-0.15, -0.1) is 0 Å². The van der Waals surface area contributed by atoms with Crippen LogP contribution >= 0.6 is 23.4 Å². The molecule has 0 bridgehead atoms. The number of hydrogen-bond acceptors (Lipinski definition) is 5. The summed E-state index contributed by atoms with van der Waals surface area (Å²) in [4.78, 5) is 25.8. The van der Waals surface area contributed by atoms with Gasteiger partial charge in [0.25, 0.3) is 0 Å². The minimum atomic E-state index is -0.243. The second kappa shape index (κ2) is 9.66. The van der Waals surface area contributed by atoms with Gasteiger partial charge in [-0.2, -0.15) is 0 Å². The SMILES string of the molecule is Cc1cc(-c2ccc(Cl)cc2)nc(SCC(=O)N2CCN(c3ccc(F)cc3)CC2)n1. The van der Waals surface area contributed by atoms with Crippen molar-refractivity contribution >= 4 is 35.0 Å². The largest absolute Gasteiger partial charge is 0.368 e. The van der Waals surface area contributed by atoms with Gasteiger partial charge in [0.1, 0.15) is 5.82 Å². The van der Waals surface area contributed by atoms with Crippen molar-refractivity contribution in [1.29, 1.82) is 0 Å². The number of anilines is 1. The molecule has 1 aliphatic rings. The van der Waals surface area contributed by atoms with Crippen LogP contribution in [0.15, 0.2) is 59.8 Å². The number of benzene rings is 2. The van der Waals surface area contributed by atoms with Crippen LogP contribution in [0.4, 0.5) is 10.1 Å². The lowest BCUT2D eigenvalue weighted by atomic mass is 10.1. The van der Waals surface area contributed by atoms with Crippen molar-refractivity contribution in [1.82, 2.24) is 14.9 Å². The Kier molecular flexibility index (Phi) is 6.73. The van der Waals surface area contributed by atoms with Gasteiger partial charge in [0.2, 0.25) is 5.91 Å². The van der Waals surface area contributed by atoms with Crippen LogP contribution in [0, 0.1) is 12.7 Å². The summed E-state index contributed by atoms with van der Waals surface area (Å²) >= 11 is 7.33. The smallest absolute Gasteiger partial charge is 0.233 e. The number of aromatic nitrogens is 2. The summed E-state index contributed by atoms with van der Waals surface area (Å²) in [6, 6.07) is 15.9. The molecule has 0 atom stereocenters. The highest BCUT2D eigenvalue weighted by Crippen LogP contribution is 2.24. The van der Waals surface area contributed by atoms with E-state index in [1.165, 1.54) is 23.9 Å². The molecule has 0 saturated carbocycles. The predicted molar refractivity (Wildman–Crippen MR) is 123 cm³/mol. The first kappa shape index (κ1) is 21.6. The first-order valence-corrected chi connectivity index (χ1v) is 11.4. The number of piperazine rings is 1. The lowest BCUT2D eigenvalue weighted by Crippen LogP contribution is -2.49. The first-order chi connectivity index (χ1) is 15.0. The molecule has 3 aromatic rings. The maximum Gasteiger partial charge on any atom is 0.233 e. The number of nitrogens with zero attached hydrogens (tertiary/aromatic N) is 4. The van der Waals surface area contributed by atoms with Crippen molar-refractivity contribution in [2.75, 3.05) is 36.8 Å². The minimum absolute atomic E-state index is 0.0712. The second-order valence-corrected chi connectivity index (χ2v) is 8.70. The average Bonchev–Trinajstić information content (AvgIpc) is 2.78. The van der Waals surface area contributed by atoms with E-state index < -0.39 is 0 Å². The van der Waals surface area contributed by atoms with Crippen molar-refractivity contribution in [2.24, 2.45) is 0 Å². The third-order valence-corrected chi connectivity index (χ3v) is 6.21. The van der Waals surface area contributed by atoms with Crippen LogP contribution in [-0.2, 0) is 4.79 Å². The molecule has 31 heavy (non-hydrogen) atoms. The summed E-state index contributed by atoms with van der Waals surface area (Å²) in [5, 5.41) is 1.26. The van der Waals surface area contributed by atoms with E-state index in [1.54, 1.807) is 12.1 Å². The molecule has 0 spiro atoms. The zero-order valence-electron chi connectivity index (χ0n) is 17.1. The van der Waals surface area contributed by atoms with E-state index in [-0.39, 0.29) is 11.7 Å². The van der Waals surface area contributed by atoms with E-state index in [0.717, 1.165) is 35.7 Å². The maximum absolute atomic E-state index is 13.1. The molecule has 4 rings (SSSR count). The molecule has 1 saturated heterocycles. The Morgan fingerprint density at radius 3 is 2.39 bits per heavy atom. The van der Waals surface area contributed by atoms with Crippen LogP contribution in [0.1, 0.15) is 5.69 Å². The zero-order chi connectivity index (χ0) is 21.8. The highest BCUT2D eigenvalue weighted by Gasteiger charge is 2.21. The second-order valence-electron chi connectivity index (χ2n) is 7.32. The van der Waals surface area contributed by atoms with E-state index >= 15 is 0 Å². The molecule has 8 heteroatoms. The van der Waals surface area contributed by atoms with E-state index in [2.05, 4.69) is 14.9 Å². The normalized spacial score (nSPS) is 14.0. The van der Waals surface area contributed by atoms with Crippen LogP contribution < -0.4 is 4.90 Å². The Morgan fingerprint density at radius 1 is 1.03 bits per heavy atom. The zero-order valence-corrected chi connectivity index (χ0v) is 18.7. The lowest BCUT2D eigenvalue weighted by molar-refractivity contribution is -0.128. The predicted octanol–water partition coefficient (Wildman–Crippen LogP) is 4.69. The number of hydrogen-bond donors (Lipinski definition) is 0. The number of carbonyl (C=O) groups is 1. The molecule has 0 radical (unpaired) electrons. The molecule has 5 nitrogen and oxygen atoms in total. The molecule has 1 fully saturated rings. The Bertz CT molecular complexity index is 1050. The van der Waals surface area contributed by atoms with Gasteiger partial charge in [-0.05, 0) is 49.4 Å². The van der Waals surface area contributed by atoms with Crippen LogP contribution in [-0.4, -0.2) is 52.7 Å². The fraction of sp³-hybridized carbons (Fsp3) is 0.261. The van der Waals surface area contributed by atoms with Gasteiger partial charge in [-0.25, -0.2) is 14.4 Å². The fourth-order valence-electron chi connectivity index (χ4n) is 3.46. The molecule has 0 aliphatic carbocycles. The summed E-state index contributed by atoms with van der Waals surface area (Å²) in [5.74, 6) is 0.120. The van der Waals surface area contributed by atoms with Crippen molar-refractivity contribution in [3.8, 4) is 11.3 Å². The summed E-state index contributed by atoms with van der Waals surface area (Å²) in [5.41, 5.74) is 3.60. The summed E-state index contributed by atoms with van der Waals surface area (Å²) in [6.07, 6.45) is 0. The molecule has 0 unspecified atom stereocenters. The molecule has 1 aliphatic heterocycles. The van der Waals surface area contributed by atoms with Crippen LogP contribution in [0.25, 0.3) is 11.3 Å². The number of aryl methyl sites for hydroxylation is 1. The summed E-state index contributed by atoms with van der Waals surface area (Å²) < 4.78 is 13.1. The van der Waals surface area contributed by atoms with E-state index in [1.807, 2.05) is 42.2 Å².